The fraction of sp³-hybridized carbons (Fsp3) is 1.00. The first kappa shape index (κ1) is 17.9. The van der Waals surface area contributed by atoms with E-state index >= 15 is 0 Å². The van der Waals surface area contributed by atoms with Crippen molar-refractivity contribution in [2.24, 2.45) is 5.92 Å². The lowest BCUT2D eigenvalue weighted by Crippen LogP contribution is -2.36. The number of ether oxygens (including phenoxy) is 4. The molecule has 1 N–H and O–H groups in total. The van der Waals surface area contributed by atoms with Crippen LogP contribution in [-0.4, -0.2) is 64.1 Å². The molecule has 5 nitrogen and oxygen atoms in total. The molecular weight excluding hydrogens is 260 g/mol. The molecule has 0 amide bonds. The summed E-state index contributed by atoms with van der Waals surface area (Å²) < 4.78 is 21.3. The van der Waals surface area contributed by atoms with Crippen molar-refractivity contribution in [3.05, 3.63) is 0 Å². The Morgan fingerprint density at radius 2 is 1.60 bits per heavy atom. The summed E-state index contributed by atoms with van der Waals surface area (Å²) in [5, 5.41) is 9.91. The summed E-state index contributed by atoms with van der Waals surface area (Å²) in [6.45, 7) is 5.64. The number of hydrogen-bond acceptors (Lipinski definition) is 5. The third kappa shape index (κ3) is 7.55. The second kappa shape index (κ2) is 11.5. The van der Waals surface area contributed by atoms with Crippen LogP contribution < -0.4 is 0 Å². The minimum absolute atomic E-state index is 0.0183. The maximum Gasteiger partial charge on any atom is 0.0837 e. The Morgan fingerprint density at radius 1 is 0.950 bits per heavy atom. The Bertz CT molecular complexity index is 224. The lowest BCUT2D eigenvalue weighted by Gasteiger charge is -2.32. The average Bonchev–Trinajstić information content (AvgIpc) is 2.47. The van der Waals surface area contributed by atoms with Crippen LogP contribution in [-0.2, 0) is 18.9 Å². The molecule has 0 aromatic rings. The Hall–Kier alpha value is -0.200. The summed E-state index contributed by atoms with van der Waals surface area (Å²) in [6.07, 6.45) is 3.79. The van der Waals surface area contributed by atoms with Crippen molar-refractivity contribution < 1.29 is 24.1 Å². The van der Waals surface area contributed by atoms with E-state index in [1.54, 1.807) is 7.11 Å². The molecule has 0 aromatic heterocycles. The van der Waals surface area contributed by atoms with E-state index in [1.165, 1.54) is 6.42 Å². The Labute approximate surface area is 122 Å². The third-order valence-corrected chi connectivity index (χ3v) is 3.81. The van der Waals surface area contributed by atoms with Crippen LogP contribution in [0.25, 0.3) is 0 Å². The SMILES string of the molecule is CCC1CCC(O)C(OCCOCCOCCOC)C1. The number of aliphatic hydroxyl groups excluding tert-OH is 1. The first-order chi connectivity index (χ1) is 9.77. The van der Waals surface area contributed by atoms with Crippen molar-refractivity contribution in [3.63, 3.8) is 0 Å². The van der Waals surface area contributed by atoms with Gasteiger partial charge >= 0.3 is 0 Å². The lowest BCUT2D eigenvalue weighted by atomic mass is 9.84. The van der Waals surface area contributed by atoms with Gasteiger partial charge in [0.2, 0.25) is 0 Å². The summed E-state index contributed by atoms with van der Waals surface area (Å²) in [4.78, 5) is 0. The van der Waals surface area contributed by atoms with Crippen LogP contribution in [0.2, 0.25) is 0 Å². The van der Waals surface area contributed by atoms with Crippen molar-refractivity contribution in [2.45, 2.75) is 44.8 Å². The minimum atomic E-state index is -0.310. The predicted octanol–water partition coefficient (Wildman–Crippen LogP) is 1.62. The Balaban J connectivity index is 1.94. The van der Waals surface area contributed by atoms with E-state index in [9.17, 15) is 5.11 Å². The molecule has 1 saturated carbocycles. The molecule has 0 aliphatic heterocycles. The van der Waals surface area contributed by atoms with Crippen LogP contribution in [0, 0.1) is 5.92 Å². The summed E-state index contributed by atoms with van der Waals surface area (Å²) in [6, 6.07) is 0. The zero-order valence-electron chi connectivity index (χ0n) is 12.9. The second-order valence-corrected chi connectivity index (χ2v) is 5.28. The third-order valence-electron chi connectivity index (χ3n) is 3.81. The predicted molar refractivity (Wildman–Crippen MR) is 76.9 cm³/mol. The maximum atomic E-state index is 9.91. The Morgan fingerprint density at radius 3 is 2.25 bits per heavy atom. The summed E-state index contributed by atoms with van der Waals surface area (Å²) >= 11 is 0. The molecular formula is C15H30O5. The van der Waals surface area contributed by atoms with Gasteiger partial charge in [-0.3, -0.25) is 0 Å². The molecule has 3 unspecified atom stereocenters. The maximum absolute atomic E-state index is 9.91. The van der Waals surface area contributed by atoms with E-state index in [0.717, 1.165) is 19.3 Å². The molecule has 0 heterocycles. The van der Waals surface area contributed by atoms with Gasteiger partial charge in [0.05, 0.1) is 51.8 Å². The van der Waals surface area contributed by atoms with Gasteiger partial charge in [-0.2, -0.15) is 0 Å². The number of rotatable bonds is 11. The molecule has 5 heteroatoms. The van der Waals surface area contributed by atoms with E-state index in [1.807, 2.05) is 0 Å². The highest BCUT2D eigenvalue weighted by Gasteiger charge is 2.28. The smallest absolute Gasteiger partial charge is 0.0837 e. The van der Waals surface area contributed by atoms with Crippen molar-refractivity contribution >= 4 is 0 Å². The Kier molecular flexibility index (Phi) is 10.2. The monoisotopic (exact) mass is 290 g/mol. The molecule has 1 rings (SSSR count). The molecule has 0 spiro atoms. The van der Waals surface area contributed by atoms with Crippen LogP contribution in [0.1, 0.15) is 32.6 Å². The summed E-state index contributed by atoms with van der Waals surface area (Å²) in [5.41, 5.74) is 0. The lowest BCUT2D eigenvalue weighted by molar-refractivity contribution is -0.0869. The zero-order valence-corrected chi connectivity index (χ0v) is 12.9. The van der Waals surface area contributed by atoms with E-state index in [0.29, 0.717) is 45.6 Å². The van der Waals surface area contributed by atoms with Crippen molar-refractivity contribution in [1.29, 1.82) is 0 Å². The number of hydrogen-bond donors (Lipinski definition) is 1. The topological polar surface area (TPSA) is 57.2 Å². The quantitative estimate of drug-likeness (QED) is 0.586. The van der Waals surface area contributed by atoms with Crippen LogP contribution in [0.3, 0.4) is 0 Å². The molecule has 0 saturated heterocycles. The van der Waals surface area contributed by atoms with Gasteiger partial charge in [-0.15, -0.1) is 0 Å². The molecule has 20 heavy (non-hydrogen) atoms. The van der Waals surface area contributed by atoms with Crippen LogP contribution in [0.15, 0.2) is 0 Å². The van der Waals surface area contributed by atoms with Crippen molar-refractivity contribution in [3.8, 4) is 0 Å². The molecule has 3 atom stereocenters. The molecule has 1 fully saturated rings. The van der Waals surface area contributed by atoms with Crippen LogP contribution in [0.4, 0.5) is 0 Å². The molecule has 1 aliphatic carbocycles. The van der Waals surface area contributed by atoms with E-state index in [2.05, 4.69) is 6.92 Å². The van der Waals surface area contributed by atoms with Gasteiger partial charge in [-0.05, 0) is 25.2 Å². The van der Waals surface area contributed by atoms with Gasteiger partial charge in [-0.25, -0.2) is 0 Å². The number of aliphatic hydroxyl groups is 1. The highest BCUT2D eigenvalue weighted by molar-refractivity contribution is 4.79. The van der Waals surface area contributed by atoms with E-state index < -0.39 is 0 Å². The zero-order chi connectivity index (χ0) is 14.6. The molecule has 0 bridgehead atoms. The van der Waals surface area contributed by atoms with Crippen LogP contribution >= 0.6 is 0 Å². The van der Waals surface area contributed by atoms with Gasteiger partial charge in [0.1, 0.15) is 0 Å². The van der Waals surface area contributed by atoms with Gasteiger partial charge < -0.3 is 24.1 Å². The first-order valence-corrected chi connectivity index (χ1v) is 7.72. The molecule has 0 aromatic carbocycles. The van der Waals surface area contributed by atoms with Crippen molar-refractivity contribution in [2.75, 3.05) is 46.8 Å². The van der Waals surface area contributed by atoms with Gasteiger partial charge in [0.25, 0.3) is 0 Å². The minimum Gasteiger partial charge on any atom is -0.390 e. The summed E-state index contributed by atoms with van der Waals surface area (Å²) in [7, 11) is 1.65. The van der Waals surface area contributed by atoms with E-state index in [4.69, 9.17) is 18.9 Å². The second-order valence-electron chi connectivity index (χ2n) is 5.28. The normalized spacial score (nSPS) is 26.9. The largest absolute Gasteiger partial charge is 0.390 e. The number of methoxy groups -OCH3 is 1. The van der Waals surface area contributed by atoms with E-state index in [-0.39, 0.29) is 12.2 Å². The van der Waals surface area contributed by atoms with Gasteiger partial charge in [0, 0.05) is 7.11 Å². The fourth-order valence-electron chi connectivity index (χ4n) is 2.47. The molecule has 1 aliphatic rings. The fourth-order valence-corrected chi connectivity index (χ4v) is 2.47. The van der Waals surface area contributed by atoms with Crippen molar-refractivity contribution in [1.82, 2.24) is 0 Å². The van der Waals surface area contributed by atoms with Gasteiger partial charge in [0.15, 0.2) is 0 Å². The van der Waals surface area contributed by atoms with Crippen LogP contribution in [0.5, 0.6) is 0 Å². The van der Waals surface area contributed by atoms with Gasteiger partial charge in [-0.1, -0.05) is 13.3 Å². The summed E-state index contributed by atoms with van der Waals surface area (Å²) in [5.74, 6) is 0.693. The highest BCUT2D eigenvalue weighted by atomic mass is 16.6. The molecule has 120 valence electrons. The standard InChI is InChI=1S/C15H30O5/c1-3-13-4-5-14(16)15(12-13)20-11-10-19-9-8-18-7-6-17-2/h13-16H,3-12H2,1-2H3. The molecule has 0 radical (unpaired) electrons. The average molecular weight is 290 g/mol. The highest BCUT2D eigenvalue weighted by Crippen LogP contribution is 2.28. The first-order valence-electron chi connectivity index (χ1n) is 7.72.